The summed E-state index contributed by atoms with van der Waals surface area (Å²) in [6, 6.07) is 7.14. The fourth-order valence-electron chi connectivity index (χ4n) is 3.07. The first-order chi connectivity index (χ1) is 10.0. The zero-order valence-electron chi connectivity index (χ0n) is 12.9. The highest BCUT2D eigenvalue weighted by molar-refractivity contribution is 7.89. The van der Waals surface area contributed by atoms with Crippen LogP contribution in [0.1, 0.15) is 44.6 Å². The Morgan fingerprint density at radius 2 is 1.95 bits per heavy atom. The molecule has 2 rings (SSSR count). The summed E-state index contributed by atoms with van der Waals surface area (Å²) in [6.07, 6.45) is 5.97. The van der Waals surface area contributed by atoms with Crippen molar-refractivity contribution in [3.05, 3.63) is 29.8 Å². The van der Waals surface area contributed by atoms with Gasteiger partial charge in [-0.2, -0.15) is 0 Å². The lowest BCUT2D eigenvalue weighted by Crippen LogP contribution is -2.38. The summed E-state index contributed by atoms with van der Waals surface area (Å²) in [5, 5.41) is 3.04. The van der Waals surface area contributed by atoms with Crippen LogP contribution in [0.25, 0.3) is 0 Å². The summed E-state index contributed by atoms with van der Waals surface area (Å²) >= 11 is 0. The van der Waals surface area contributed by atoms with E-state index in [0.717, 1.165) is 18.4 Å². The molecule has 0 radical (unpaired) electrons. The number of nitrogens with one attached hydrogen (secondary N) is 2. The number of hydrogen-bond donors (Lipinski definition) is 2. The van der Waals surface area contributed by atoms with Crippen molar-refractivity contribution in [1.29, 1.82) is 0 Å². The third-order valence-corrected chi connectivity index (χ3v) is 5.84. The molecule has 1 aliphatic carbocycles. The molecule has 1 aromatic carbocycles. The highest BCUT2D eigenvalue weighted by atomic mass is 32.2. The summed E-state index contributed by atoms with van der Waals surface area (Å²) in [4.78, 5) is 0.359. The van der Waals surface area contributed by atoms with Crippen molar-refractivity contribution in [3.8, 4) is 0 Å². The van der Waals surface area contributed by atoms with Crippen molar-refractivity contribution in [2.24, 2.45) is 5.92 Å². The average molecular weight is 310 g/mol. The Kier molecular flexibility index (Phi) is 5.79. The quantitative estimate of drug-likeness (QED) is 0.849. The highest BCUT2D eigenvalue weighted by Crippen LogP contribution is 2.27. The number of benzene rings is 1. The topological polar surface area (TPSA) is 58.2 Å². The molecule has 2 N–H and O–H groups in total. The zero-order valence-corrected chi connectivity index (χ0v) is 13.7. The van der Waals surface area contributed by atoms with E-state index < -0.39 is 10.0 Å². The molecule has 1 aromatic rings. The molecule has 118 valence electrons. The van der Waals surface area contributed by atoms with Crippen LogP contribution in [0.4, 0.5) is 0 Å². The number of rotatable bonds is 6. The zero-order chi connectivity index (χ0) is 15.3. The van der Waals surface area contributed by atoms with Gasteiger partial charge in [0, 0.05) is 12.6 Å². The first-order valence-electron chi connectivity index (χ1n) is 7.79. The second-order valence-electron chi connectivity index (χ2n) is 5.99. The molecule has 0 heterocycles. The van der Waals surface area contributed by atoms with Gasteiger partial charge in [0.1, 0.15) is 0 Å². The summed E-state index contributed by atoms with van der Waals surface area (Å²) in [5.41, 5.74) is 0.977. The van der Waals surface area contributed by atoms with Gasteiger partial charge < -0.3 is 5.32 Å². The van der Waals surface area contributed by atoms with E-state index in [9.17, 15) is 8.42 Å². The molecule has 0 aliphatic heterocycles. The van der Waals surface area contributed by atoms with Crippen LogP contribution in [0, 0.1) is 5.92 Å². The van der Waals surface area contributed by atoms with E-state index in [1.807, 2.05) is 20.0 Å². The largest absolute Gasteiger partial charge is 0.316 e. The third kappa shape index (κ3) is 4.53. The minimum Gasteiger partial charge on any atom is -0.316 e. The molecule has 1 aliphatic rings. The SMILES string of the molecule is CNCc1cccc(S(=O)(=O)NC(C)C2CCCCC2)c1. The van der Waals surface area contributed by atoms with Crippen LogP contribution in [0.3, 0.4) is 0 Å². The van der Waals surface area contributed by atoms with Crippen LogP contribution < -0.4 is 10.0 Å². The molecule has 0 bridgehead atoms. The van der Waals surface area contributed by atoms with E-state index in [1.165, 1.54) is 19.3 Å². The van der Waals surface area contributed by atoms with Crippen LogP contribution in [0.2, 0.25) is 0 Å². The second-order valence-corrected chi connectivity index (χ2v) is 7.70. The number of sulfonamides is 1. The van der Waals surface area contributed by atoms with Gasteiger partial charge in [-0.25, -0.2) is 13.1 Å². The lowest BCUT2D eigenvalue weighted by molar-refractivity contribution is 0.303. The smallest absolute Gasteiger partial charge is 0.240 e. The Morgan fingerprint density at radius 1 is 1.24 bits per heavy atom. The van der Waals surface area contributed by atoms with Gasteiger partial charge in [0.05, 0.1) is 4.90 Å². The Labute approximate surface area is 128 Å². The maximum Gasteiger partial charge on any atom is 0.240 e. The van der Waals surface area contributed by atoms with Crippen molar-refractivity contribution >= 4 is 10.0 Å². The van der Waals surface area contributed by atoms with Crippen molar-refractivity contribution < 1.29 is 8.42 Å². The highest BCUT2D eigenvalue weighted by Gasteiger charge is 2.25. The molecule has 0 spiro atoms. The Morgan fingerprint density at radius 3 is 2.62 bits per heavy atom. The Balaban J connectivity index is 2.08. The molecule has 21 heavy (non-hydrogen) atoms. The maximum atomic E-state index is 12.5. The lowest BCUT2D eigenvalue weighted by atomic mass is 9.85. The van der Waals surface area contributed by atoms with E-state index in [1.54, 1.807) is 18.2 Å². The standard InChI is InChI=1S/C16H26N2O2S/c1-13(15-8-4-3-5-9-15)18-21(19,20)16-10-6-7-14(11-16)12-17-2/h6-7,10-11,13,15,17-18H,3-5,8-9,12H2,1-2H3. The monoisotopic (exact) mass is 310 g/mol. The number of hydrogen-bond acceptors (Lipinski definition) is 3. The molecule has 0 aromatic heterocycles. The molecule has 5 heteroatoms. The van der Waals surface area contributed by atoms with Crippen molar-refractivity contribution in [1.82, 2.24) is 10.0 Å². The van der Waals surface area contributed by atoms with Crippen molar-refractivity contribution in [2.75, 3.05) is 7.05 Å². The fraction of sp³-hybridized carbons (Fsp3) is 0.625. The van der Waals surface area contributed by atoms with Gasteiger partial charge in [0.2, 0.25) is 10.0 Å². The summed E-state index contributed by atoms with van der Waals surface area (Å²) in [5.74, 6) is 0.467. The van der Waals surface area contributed by atoms with Crippen LogP contribution in [-0.4, -0.2) is 21.5 Å². The fourth-order valence-corrected chi connectivity index (χ4v) is 4.45. The van der Waals surface area contributed by atoms with Crippen LogP contribution in [-0.2, 0) is 16.6 Å². The van der Waals surface area contributed by atoms with E-state index in [4.69, 9.17) is 0 Å². The predicted molar refractivity (Wildman–Crippen MR) is 85.6 cm³/mol. The molecule has 1 saturated carbocycles. The Hall–Kier alpha value is -0.910. The van der Waals surface area contributed by atoms with Crippen molar-refractivity contribution in [3.63, 3.8) is 0 Å². The summed E-state index contributed by atoms with van der Waals surface area (Å²) < 4.78 is 27.9. The molecular weight excluding hydrogens is 284 g/mol. The minimum absolute atomic E-state index is 0.00302. The van der Waals surface area contributed by atoms with Gasteiger partial charge >= 0.3 is 0 Å². The normalized spacial score (nSPS) is 18.6. The lowest BCUT2D eigenvalue weighted by Gasteiger charge is -2.28. The molecule has 1 atom stereocenters. The van der Waals surface area contributed by atoms with Crippen LogP contribution in [0.15, 0.2) is 29.2 Å². The molecular formula is C16H26N2O2S. The van der Waals surface area contributed by atoms with E-state index in [-0.39, 0.29) is 6.04 Å². The molecule has 4 nitrogen and oxygen atoms in total. The van der Waals surface area contributed by atoms with Gasteiger partial charge in [-0.05, 0) is 50.4 Å². The van der Waals surface area contributed by atoms with Gasteiger partial charge in [0.25, 0.3) is 0 Å². The van der Waals surface area contributed by atoms with Crippen molar-refractivity contribution in [2.45, 2.75) is 56.5 Å². The molecule has 0 saturated heterocycles. The molecule has 1 fully saturated rings. The summed E-state index contributed by atoms with van der Waals surface area (Å²) in [6.45, 7) is 2.66. The van der Waals surface area contributed by atoms with E-state index in [0.29, 0.717) is 17.4 Å². The predicted octanol–water partition coefficient (Wildman–Crippen LogP) is 2.65. The molecule has 1 unspecified atom stereocenters. The average Bonchev–Trinajstić information content (AvgIpc) is 2.48. The first-order valence-corrected chi connectivity index (χ1v) is 9.27. The van der Waals surface area contributed by atoms with Gasteiger partial charge in [-0.1, -0.05) is 31.4 Å². The van der Waals surface area contributed by atoms with Gasteiger partial charge in [0.15, 0.2) is 0 Å². The van der Waals surface area contributed by atoms with Crippen LogP contribution in [0.5, 0.6) is 0 Å². The second kappa shape index (κ2) is 7.38. The maximum absolute atomic E-state index is 12.5. The van der Waals surface area contributed by atoms with E-state index >= 15 is 0 Å². The summed E-state index contributed by atoms with van der Waals surface area (Å²) in [7, 11) is -1.58. The Bertz CT molecular complexity index is 551. The first kappa shape index (κ1) is 16.5. The van der Waals surface area contributed by atoms with E-state index in [2.05, 4.69) is 10.0 Å². The van der Waals surface area contributed by atoms with Gasteiger partial charge in [-0.15, -0.1) is 0 Å². The third-order valence-electron chi connectivity index (χ3n) is 4.29. The van der Waals surface area contributed by atoms with Gasteiger partial charge in [-0.3, -0.25) is 0 Å². The minimum atomic E-state index is -3.43. The van der Waals surface area contributed by atoms with Crippen LogP contribution >= 0.6 is 0 Å². The molecule has 0 amide bonds.